The lowest BCUT2D eigenvalue weighted by Gasteiger charge is -2.17. The average Bonchev–Trinajstić information content (AvgIpc) is 2.75. The van der Waals surface area contributed by atoms with Gasteiger partial charge in [0.25, 0.3) is 5.56 Å². The van der Waals surface area contributed by atoms with Gasteiger partial charge in [-0.25, -0.2) is 4.98 Å². The molecular formula is C10H14IN3O3. The van der Waals surface area contributed by atoms with Gasteiger partial charge in [0, 0.05) is 27.3 Å². The molecule has 7 heteroatoms. The number of H-pyrrole nitrogens is 1. The van der Waals surface area contributed by atoms with Crippen molar-refractivity contribution in [1.82, 2.24) is 9.97 Å². The fourth-order valence-corrected chi connectivity index (χ4v) is 2.60. The van der Waals surface area contributed by atoms with Gasteiger partial charge in [-0.3, -0.25) is 4.79 Å². The minimum atomic E-state index is -0.120. The summed E-state index contributed by atoms with van der Waals surface area (Å²) in [4.78, 5) is 20.3. The highest BCUT2D eigenvalue weighted by Gasteiger charge is 2.34. The maximum atomic E-state index is 11.5. The molecule has 2 rings (SSSR count). The van der Waals surface area contributed by atoms with Crippen LogP contribution < -0.4 is 10.5 Å². The van der Waals surface area contributed by atoms with Crippen LogP contribution in [0.5, 0.6) is 0 Å². The fraction of sp³-hybridized carbons (Fsp3) is 0.600. The van der Waals surface area contributed by atoms with Crippen LogP contribution in [0.1, 0.15) is 0 Å². The predicted molar refractivity (Wildman–Crippen MR) is 71.4 cm³/mol. The van der Waals surface area contributed by atoms with E-state index >= 15 is 0 Å². The number of aromatic amines is 1. The molecule has 0 aliphatic carbocycles. The molecule has 0 aromatic carbocycles. The molecule has 1 aliphatic heterocycles. The number of hydrogen-bond donors (Lipinski definition) is 1. The number of aromatic nitrogens is 2. The Morgan fingerprint density at radius 3 is 2.53 bits per heavy atom. The Bertz CT molecular complexity index is 439. The predicted octanol–water partition coefficient (Wildman–Crippen LogP) is 0.224. The fourth-order valence-electron chi connectivity index (χ4n) is 1.96. The van der Waals surface area contributed by atoms with Crippen LogP contribution in [0.15, 0.2) is 11.1 Å². The molecule has 0 spiro atoms. The minimum absolute atomic E-state index is 0.0110. The van der Waals surface area contributed by atoms with Crippen molar-refractivity contribution in [3.63, 3.8) is 0 Å². The van der Waals surface area contributed by atoms with E-state index in [0.717, 1.165) is 0 Å². The monoisotopic (exact) mass is 351 g/mol. The van der Waals surface area contributed by atoms with Crippen molar-refractivity contribution >= 4 is 28.4 Å². The SMILES string of the molecule is COC1CN(c2nc[nH]c(=O)c2I)CC1OC. The van der Waals surface area contributed by atoms with E-state index in [4.69, 9.17) is 9.47 Å². The van der Waals surface area contributed by atoms with Gasteiger partial charge in [0.1, 0.15) is 21.6 Å². The van der Waals surface area contributed by atoms with Gasteiger partial charge in [-0.05, 0) is 22.6 Å². The standard InChI is InChI=1S/C10H14IN3O3/c1-16-6-3-14(4-7(6)17-2)9-8(11)10(15)13-5-12-9/h5-7H,3-4H2,1-2H3,(H,12,13,15). The summed E-state index contributed by atoms with van der Waals surface area (Å²) in [6.45, 7) is 1.36. The quantitative estimate of drug-likeness (QED) is 0.790. The van der Waals surface area contributed by atoms with Crippen molar-refractivity contribution in [3.8, 4) is 0 Å². The van der Waals surface area contributed by atoms with Gasteiger partial charge in [0.2, 0.25) is 0 Å². The number of rotatable bonds is 3. The number of anilines is 1. The summed E-state index contributed by atoms with van der Waals surface area (Å²) in [6.07, 6.45) is 1.44. The van der Waals surface area contributed by atoms with Crippen LogP contribution in [0.4, 0.5) is 5.82 Å². The van der Waals surface area contributed by atoms with Crippen LogP contribution in [-0.4, -0.2) is 49.5 Å². The first-order valence-electron chi connectivity index (χ1n) is 5.21. The number of halogens is 1. The van der Waals surface area contributed by atoms with Crippen molar-refractivity contribution in [2.75, 3.05) is 32.2 Å². The van der Waals surface area contributed by atoms with E-state index in [1.165, 1.54) is 6.33 Å². The summed E-state index contributed by atoms with van der Waals surface area (Å²) in [6, 6.07) is 0. The van der Waals surface area contributed by atoms with Gasteiger partial charge in [0.05, 0.1) is 6.33 Å². The van der Waals surface area contributed by atoms with Gasteiger partial charge in [-0.2, -0.15) is 0 Å². The molecule has 1 aromatic heterocycles. The summed E-state index contributed by atoms with van der Waals surface area (Å²) >= 11 is 2.00. The van der Waals surface area contributed by atoms with Crippen molar-refractivity contribution in [1.29, 1.82) is 0 Å². The molecule has 1 N–H and O–H groups in total. The number of nitrogens with one attached hydrogen (secondary N) is 1. The Labute approximate surface area is 112 Å². The molecule has 0 radical (unpaired) electrons. The zero-order valence-corrected chi connectivity index (χ0v) is 11.8. The third-order valence-corrected chi connectivity index (χ3v) is 3.87. The summed E-state index contributed by atoms with van der Waals surface area (Å²) in [5.74, 6) is 0.691. The highest BCUT2D eigenvalue weighted by atomic mass is 127. The van der Waals surface area contributed by atoms with E-state index in [1.807, 2.05) is 27.5 Å². The van der Waals surface area contributed by atoms with Crippen molar-refractivity contribution < 1.29 is 9.47 Å². The average molecular weight is 351 g/mol. The van der Waals surface area contributed by atoms with E-state index in [2.05, 4.69) is 9.97 Å². The Hall–Kier alpha value is -0.670. The van der Waals surface area contributed by atoms with Gasteiger partial charge in [0.15, 0.2) is 0 Å². The van der Waals surface area contributed by atoms with Crippen LogP contribution in [0, 0.1) is 3.57 Å². The Kier molecular flexibility index (Phi) is 4.00. The van der Waals surface area contributed by atoms with Crippen LogP contribution in [0.3, 0.4) is 0 Å². The first kappa shape index (κ1) is 12.8. The normalized spacial score (nSPS) is 24.3. The van der Waals surface area contributed by atoms with E-state index in [0.29, 0.717) is 22.5 Å². The molecule has 0 bridgehead atoms. The lowest BCUT2D eigenvalue weighted by atomic mass is 10.3. The first-order valence-corrected chi connectivity index (χ1v) is 6.29. The van der Waals surface area contributed by atoms with Crippen molar-refractivity contribution in [2.24, 2.45) is 0 Å². The van der Waals surface area contributed by atoms with Crippen LogP contribution >= 0.6 is 22.6 Å². The molecule has 2 heterocycles. The lowest BCUT2D eigenvalue weighted by Crippen LogP contribution is -2.27. The summed E-state index contributed by atoms with van der Waals surface area (Å²) < 4.78 is 11.3. The van der Waals surface area contributed by atoms with E-state index < -0.39 is 0 Å². The largest absolute Gasteiger partial charge is 0.377 e. The molecular weight excluding hydrogens is 337 g/mol. The summed E-state index contributed by atoms with van der Waals surface area (Å²) in [5, 5.41) is 0. The van der Waals surface area contributed by atoms with Crippen LogP contribution in [0.25, 0.3) is 0 Å². The highest BCUT2D eigenvalue weighted by molar-refractivity contribution is 14.1. The number of nitrogens with zero attached hydrogens (tertiary/aromatic N) is 2. The minimum Gasteiger partial charge on any atom is -0.377 e. The van der Waals surface area contributed by atoms with E-state index in [1.54, 1.807) is 14.2 Å². The summed E-state index contributed by atoms with van der Waals surface area (Å²) in [5.41, 5.74) is -0.120. The lowest BCUT2D eigenvalue weighted by molar-refractivity contribution is -0.00461. The molecule has 94 valence electrons. The first-order chi connectivity index (χ1) is 8.17. The molecule has 1 aliphatic rings. The van der Waals surface area contributed by atoms with Gasteiger partial charge >= 0.3 is 0 Å². The van der Waals surface area contributed by atoms with Gasteiger partial charge < -0.3 is 19.4 Å². The zero-order valence-electron chi connectivity index (χ0n) is 9.64. The second-order valence-electron chi connectivity index (χ2n) is 3.82. The molecule has 1 aromatic rings. The second-order valence-corrected chi connectivity index (χ2v) is 4.90. The molecule has 6 nitrogen and oxygen atoms in total. The highest BCUT2D eigenvalue weighted by Crippen LogP contribution is 2.23. The molecule has 17 heavy (non-hydrogen) atoms. The molecule has 1 fully saturated rings. The Morgan fingerprint density at radius 2 is 2.00 bits per heavy atom. The molecule has 0 saturated carbocycles. The second kappa shape index (κ2) is 5.32. The zero-order chi connectivity index (χ0) is 12.4. The topological polar surface area (TPSA) is 67.5 Å². The molecule has 2 atom stereocenters. The van der Waals surface area contributed by atoms with E-state index in [9.17, 15) is 4.79 Å². The Morgan fingerprint density at radius 1 is 1.41 bits per heavy atom. The smallest absolute Gasteiger partial charge is 0.266 e. The molecule has 1 saturated heterocycles. The molecule has 2 unspecified atom stereocenters. The van der Waals surface area contributed by atoms with Crippen molar-refractivity contribution in [2.45, 2.75) is 12.2 Å². The third-order valence-electron chi connectivity index (χ3n) is 2.90. The van der Waals surface area contributed by atoms with Gasteiger partial charge in [-0.1, -0.05) is 0 Å². The van der Waals surface area contributed by atoms with Crippen molar-refractivity contribution in [3.05, 3.63) is 20.3 Å². The number of ether oxygens (including phenoxy) is 2. The maximum absolute atomic E-state index is 11.5. The van der Waals surface area contributed by atoms with Gasteiger partial charge in [-0.15, -0.1) is 0 Å². The van der Waals surface area contributed by atoms with E-state index in [-0.39, 0.29) is 17.8 Å². The maximum Gasteiger partial charge on any atom is 0.266 e. The number of hydrogen-bond acceptors (Lipinski definition) is 5. The molecule has 0 amide bonds. The van der Waals surface area contributed by atoms with Crippen LogP contribution in [0.2, 0.25) is 0 Å². The Balaban J connectivity index is 2.25. The van der Waals surface area contributed by atoms with Crippen LogP contribution in [-0.2, 0) is 9.47 Å². The number of methoxy groups -OCH3 is 2. The third kappa shape index (κ3) is 2.45. The summed E-state index contributed by atoms with van der Waals surface area (Å²) in [7, 11) is 3.33.